The molecule has 0 radical (unpaired) electrons. The fourth-order valence-corrected chi connectivity index (χ4v) is 8.92. The SMILES string of the molecule is c1ccc(-c2cc(-c3ccccc3)cc(-c3nc(-c4ccccc4)nc(-c4ccccc4-n4c5ccccc5c5cc6c(cc54)oc4c(-c5ccccc5)cccc46)n3)c2)cc1. The van der Waals surface area contributed by atoms with E-state index in [9.17, 15) is 0 Å². The first-order valence-corrected chi connectivity index (χ1v) is 20.8. The molecule has 0 amide bonds. The van der Waals surface area contributed by atoms with Crippen LogP contribution in [0.1, 0.15) is 0 Å². The van der Waals surface area contributed by atoms with Crippen molar-refractivity contribution in [1.29, 1.82) is 0 Å². The standard InChI is InChI=1S/C57H36N4O/c1-5-18-37(19-6-1)41-32-42(38-20-7-2-8-21-38)34-43(33-41)56-58-55(40-24-11-4-12-25-40)59-57(60-56)47-27-14-16-31-51(47)61-50-30-15-13-26-45(50)48-35-49-46-29-17-28-44(39-22-9-3-10-23-39)54(46)62-53(49)36-52(48)61/h1-36H. The van der Waals surface area contributed by atoms with Gasteiger partial charge in [0, 0.05) is 49.9 Å². The zero-order chi connectivity index (χ0) is 41.0. The van der Waals surface area contributed by atoms with E-state index in [0.717, 1.165) is 99.5 Å². The van der Waals surface area contributed by atoms with Gasteiger partial charge in [-0.3, -0.25) is 0 Å². The molecule has 5 nitrogen and oxygen atoms in total. The van der Waals surface area contributed by atoms with Gasteiger partial charge >= 0.3 is 0 Å². The van der Waals surface area contributed by atoms with Crippen molar-refractivity contribution >= 4 is 43.7 Å². The fraction of sp³-hybridized carbons (Fsp3) is 0. The predicted octanol–water partition coefficient (Wildman–Crippen LogP) is 14.9. The van der Waals surface area contributed by atoms with Crippen molar-refractivity contribution < 1.29 is 4.42 Å². The van der Waals surface area contributed by atoms with E-state index in [2.05, 4.69) is 187 Å². The van der Waals surface area contributed by atoms with Crippen LogP contribution < -0.4 is 0 Å². The topological polar surface area (TPSA) is 56.7 Å². The van der Waals surface area contributed by atoms with Crippen LogP contribution in [0.25, 0.3) is 117 Å². The average Bonchev–Trinajstić information content (AvgIpc) is 3.88. The lowest BCUT2D eigenvalue weighted by atomic mass is 9.96. The molecule has 62 heavy (non-hydrogen) atoms. The van der Waals surface area contributed by atoms with E-state index in [-0.39, 0.29) is 0 Å². The number of furan rings is 1. The lowest BCUT2D eigenvalue weighted by Gasteiger charge is -2.15. The molecule has 0 aliphatic carbocycles. The molecule has 0 unspecified atom stereocenters. The van der Waals surface area contributed by atoms with Crippen molar-refractivity contribution in [3.63, 3.8) is 0 Å². The molecule has 0 spiro atoms. The maximum Gasteiger partial charge on any atom is 0.166 e. The quantitative estimate of drug-likeness (QED) is 0.161. The molecule has 0 fully saturated rings. The van der Waals surface area contributed by atoms with E-state index in [1.165, 1.54) is 0 Å². The van der Waals surface area contributed by atoms with Crippen LogP contribution >= 0.6 is 0 Å². The maximum atomic E-state index is 6.81. The summed E-state index contributed by atoms with van der Waals surface area (Å²) >= 11 is 0. The molecule has 9 aromatic carbocycles. The van der Waals surface area contributed by atoms with E-state index in [1.54, 1.807) is 0 Å². The van der Waals surface area contributed by atoms with Gasteiger partial charge in [-0.1, -0.05) is 170 Å². The van der Waals surface area contributed by atoms with E-state index >= 15 is 0 Å². The minimum atomic E-state index is 0.582. The van der Waals surface area contributed by atoms with Crippen LogP contribution in [0.3, 0.4) is 0 Å². The average molecular weight is 793 g/mol. The summed E-state index contributed by atoms with van der Waals surface area (Å²) in [5.74, 6) is 1.78. The number of aromatic nitrogens is 4. The van der Waals surface area contributed by atoms with Crippen LogP contribution in [0, 0.1) is 0 Å². The largest absolute Gasteiger partial charge is 0.455 e. The van der Waals surface area contributed by atoms with Crippen LogP contribution in [0.15, 0.2) is 223 Å². The molecule has 0 N–H and O–H groups in total. The molecule has 290 valence electrons. The normalized spacial score (nSPS) is 11.5. The Morgan fingerprint density at radius 3 is 1.52 bits per heavy atom. The molecular weight excluding hydrogens is 757 g/mol. The molecule has 0 saturated heterocycles. The number of rotatable bonds is 7. The molecule has 0 saturated carbocycles. The highest BCUT2D eigenvalue weighted by Crippen LogP contribution is 2.42. The number of para-hydroxylation sites is 3. The molecule has 3 heterocycles. The lowest BCUT2D eigenvalue weighted by molar-refractivity contribution is 0.670. The zero-order valence-corrected chi connectivity index (χ0v) is 33.5. The van der Waals surface area contributed by atoms with Crippen molar-refractivity contribution in [2.24, 2.45) is 0 Å². The molecule has 3 aromatic heterocycles. The second kappa shape index (κ2) is 14.7. The van der Waals surface area contributed by atoms with Crippen LogP contribution in [0.5, 0.6) is 0 Å². The van der Waals surface area contributed by atoms with Crippen molar-refractivity contribution in [3.8, 4) is 73.2 Å². The van der Waals surface area contributed by atoms with Gasteiger partial charge in [0.1, 0.15) is 11.2 Å². The third kappa shape index (κ3) is 6.06. The van der Waals surface area contributed by atoms with Gasteiger partial charge in [-0.2, -0.15) is 0 Å². The lowest BCUT2D eigenvalue weighted by Crippen LogP contribution is -2.03. The Labute approximate surface area is 357 Å². The van der Waals surface area contributed by atoms with Gasteiger partial charge in [-0.15, -0.1) is 0 Å². The molecule has 12 rings (SSSR count). The summed E-state index contributed by atoms with van der Waals surface area (Å²) in [6, 6.07) is 76.2. The monoisotopic (exact) mass is 792 g/mol. The maximum absolute atomic E-state index is 6.81. The summed E-state index contributed by atoms with van der Waals surface area (Å²) < 4.78 is 9.15. The summed E-state index contributed by atoms with van der Waals surface area (Å²) in [5, 5.41) is 4.48. The molecule has 0 bridgehead atoms. The Hall–Kier alpha value is -8.41. The second-order valence-electron chi connectivity index (χ2n) is 15.6. The minimum Gasteiger partial charge on any atom is -0.455 e. The Kier molecular flexibility index (Phi) is 8.42. The zero-order valence-electron chi connectivity index (χ0n) is 33.5. The highest BCUT2D eigenvalue weighted by atomic mass is 16.3. The first kappa shape index (κ1) is 35.5. The van der Waals surface area contributed by atoms with Gasteiger partial charge in [0.15, 0.2) is 17.5 Å². The Morgan fingerprint density at radius 1 is 0.306 bits per heavy atom. The summed E-state index contributed by atoms with van der Waals surface area (Å²) in [6.45, 7) is 0. The Bertz CT molecular complexity index is 3560. The third-order valence-corrected chi connectivity index (χ3v) is 11.8. The number of nitrogens with zero attached hydrogens (tertiary/aromatic N) is 4. The van der Waals surface area contributed by atoms with Gasteiger partial charge in [0.2, 0.25) is 0 Å². The number of hydrogen-bond donors (Lipinski definition) is 0. The van der Waals surface area contributed by atoms with E-state index in [0.29, 0.717) is 17.5 Å². The highest BCUT2D eigenvalue weighted by Gasteiger charge is 2.22. The first-order valence-electron chi connectivity index (χ1n) is 20.8. The number of benzene rings is 9. The van der Waals surface area contributed by atoms with Gasteiger partial charge in [0.25, 0.3) is 0 Å². The van der Waals surface area contributed by atoms with E-state index < -0.39 is 0 Å². The number of hydrogen-bond acceptors (Lipinski definition) is 4. The van der Waals surface area contributed by atoms with Gasteiger partial charge < -0.3 is 8.98 Å². The van der Waals surface area contributed by atoms with Crippen LogP contribution in [-0.2, 0) is 0 Å². The molecule has 5 heteroatoms. The molecular formula is C57H36N4O. The summed E-state index contributed by atoms with van der Waals surface area (Å²) in [7, 11) is 0. The Balaban J connectivity index is 1.09. The predicted molar refractivity (Wildman–Crippen MR) is 254 cm³/mol. The first-order chi connectivity index (χ1) is 30.7. The third-order valence-electron chi connectivity index (χ3n) is 11.8. The van der Waals surface area contributed by atoms with Crippen molar-refractivity contribution in [1.82, 2.24) is 19.5 Å². The second-order valence-corrected chi connectivity index (χ2v) is 15.6. The smallest absolute Gasteiger partial charge is 0.166 e. The van der Waals surface area contributed by atoms with E-state index in [1.807, 2.05) is 36.4 Å². The number of fused-ring (bicyclic) bond motifs is 6. The summed E-state index contributed by atoms with van der Waals surface area (Å²) in [5.41, 5.74) is 14.1. The summed E-state index contributed by atoms with van der Waals surface area (Å²) in [6.07, 6.45) is 0. The van der Waals surface area contributed by atoms with E-state index in [4.69, 9.17) is 19.4 Å². The molecule has 0 aliphatic rings. The van der Waals surface area contributed by atoms with Gasteiger partial charge in [-0.25, -0.2) is 15.0 Å². The highest BCUT2D eigenvalue weighted by molar-refractivity contribution is 6.18. The van der Waals surface area contributed by atoms with Crippen LogP contribution in [0.4, 0.5) is 0 Å². The van der Waals surface area contributed by atoms with Crippen molar-refractivity contribution in [2.45, 2.75) is 0 Å². The Morgan fingerprint density at radius 2 is 0.823 bits per heavy atom. The van der Waals surface area contributed by atoms with Gasteiger partial charge in [0.05, 0.1) is 16.7 Å². The minimum absolute atomic E-state index is 0.582. The molecule has 12 aromatic rings. The van der Waals surface area contributed by atoms with Gasteiger partial charge in [-0.05, 0) is 70.3 Å². The fourth-order valence-electron chi connectivity index (χ4n) is 8.92. The summed E-state index contributed by atoms with van der Waals surface area (Å²) in [4.78, 5) is 15.8. The van der Waals surface area contributed by atoms with Crippen molar-refractivity contribution in [3.05, 3.63) is 218 Å². The van der Waals surface area contributed by atoms with Crippen molar-refractivity contribution in [2.75, 3.05) is 0 Å². The van der Waals surface area contributed by atoms with Crippen LogP contribution in [0.2, 0.25) is 0 Å². The molecule has 0 aliphatic heterocycles. The molecule has 0 atom stereocenters. The van der Waals surface area contributed by atoms with Crippen LogP contribution in [-0.4, -0.2) is 19.5 Å².